The van der Waals surface area contributed by atoms with Gasteiger partial charge in [-0.25, -0.2) is 0 Å². The third-order valence-electron chi connectivity index (χ3n) is 1.10. The van der Waals surface area contributed by atoms with Crippen LogP contribution in [0.4, 0.5) is 0 Å². The average Bonchev–Trinajstić information content (AvgIpc) is 1.90. The number of benzene rings is 1. The van der Waals surface area contributed by atoms with Gasteiger partial charge in [0.1, 0.15) is 0 Å². The van der Waals surface area contributed by atoms with Crippen LogP contribution in [0.25, 0.3) is 0 Å². The molecule has 1 aromatic carbocycles. The molecule has 0 radical (unpaired) electrons. The Morgan fingerprint density at radius 1 is 1.00 bits per heavy atom. The van der Waals surface area contributed by atoms with Crippen LogP contribution in [0.5, 0.6) is 0 Å². The van der Waals surface area contributed by atoms with E-state index < -0.39 is 7.12 Å². The van der Waals surface area contributed by atoms with Crippen LogP contribution < -0.4 is 5.46 Å². The van der Waals surface area contributed by atoms with Gasteiger partial charge in [0.05, 0.1) is 0 Å². The van der Waals surface area contributed by atoms with Gasteiger partial charge in [-0.2, -0.15) is 0 Å². The molecule has 0 aliphatic heterocycles. The Morgan fingerprint density at radius 3 is 1.80 bits per heavy atom. The van der Waals surface area contributed by atoms with E-state index in [2.05, 4.69) is 0 Å². The molecule has 0 amide bonds. The van der Waals surface area contributed by atoms with Crippen molar-refractivity contribution in [1.29, 1.82) is 0 Å². The van der Waals surface area contributed by atoms with Crippen LogP contribution in [0.15, 0.2) is 30.3 Å². The predicted molar refractivity (Wildman–Crippen MR) is 43.4 cm³/mol. The van der Waals surface area contributed by atoms with E-state index in [1.165, 1.54) is 0 Å². The predicted octanol–water partition coefficient (Wildman–Crippen LogP) is -1.28. The Labute approximate surface area is 72.2 Å². The molecule has 0 saturated heterocycles. The topological polar surface area (TPSA) is 40.5 Å². The van der Waals surface area contributed by atoms with Gasteiger partial charge in [0.25, 0.3) is 0 Å². The van der Waals surface area contributed by atoms with E-state index in [-0.39, 0.29) is 18.9 Å². The summed E-state index contributed by atoms with van der Waals surface area (Å²) in [6, 6.07) is 8.66. The Morgan fingerprint density at radius 2 is 1.50 bits per heavy atom. The first-order valence-corrected chi connectivity index (χ1v) is 2.72. The molecule has 4 heteroatoms. The van der Waals surface area contributed by atoms with Crippen molar-refractivity contribution >= 4 is 31.4 Å². The monoisotopic (exact) mass is 130 g/mol. The van der Waals surface area contributed by atoms with Crippen LogP contribution in [0.3, 0.4) is 0 Å². The second kappa shape index (κ2) is 4.59. The number of hydrogen-bond donors (Lipinski definition) is 2. The van der Waals surface area contributed by atoms with Gasteiger partial charge in [-0.1, -0.05) is 30.3 Å². The molecule has 1 aromatic rings. The molecule has 48 valence electrons. The molecule has 1 rings (SSSR count). The first-order chi connectivity index (χ1) is 4.30. The summed E-state index contributed by atoms with van der Waals surface area (Å²) in [7, 11) is -1.34. The molecule has 0 saturated carbocycles. The number of rotatable bonds is 1. The second-order valence-corrected chi connectivity index (χ2v) is 1.78. The zero-order valence-corrected chi connectivity index (χ0v) is 4.86. The minimum atomic E-state index is -1.34. The molecular formula is C6H8BLiO2. The SMILES string of the molecule is OB(O)c1ccccc1.[LiH]. The summed E-state index contributed by atoms with van der Waals surface area (Å²) in [5, 5.41) is 17.2. The zero-order valence-electron chi connectivity index (χ0n) is 4.86. The molecule has 2 nitrogen and oxygen atoms in total. The van der Waals surface area contributed by atoms with E-state index in [4.69, 9.17) is 10.0 Å². The van der Waals surface area contributed by atoms with Crippen molar-refractivity contribution in [2.75, 3.05) is 0 Å². The molecule has 0 fully saturated rings. The van der Waals surface area contributed by atoms with Crippen LogP contribution in [0.1, 0.15) is 0 Å². The summed E-state index contributed by atoms with van der Waals surface area (Å²) in [6.45, 7) is 0. The fraction of sp³-hybridized carbons (Fsp3) is 0. The van der Waals surface area contributed by atoms with Gasteiger partial charge in [-0.05, 0) is 5.46 Å². The van der Waals surface area contributed by atoms with E-state index in [1.807, 2.05) is 6.07 Å². The molecule has 0 unspecified atom stereocenters. The maximum atomic E-state index is 8.58. The summed E-state index contributed by atoms with van der Waals surface area (Å²) in [6.07, 6.45) is 0. The van der Waals surface area contributed by atoms with Crippen LogP contribution in [-0.2, 0) is 0 Å². The van der Waals surface area contributed by atoms with E-state index in [9.17, 15) is 0 Å². The van der Waals surface area contributed by atoms with Gasteiger partial charge >= 0.3 is 26.0 Å². The van der Waals surface area contributed by atoms with Gasteiger partial charge in [0.2, 0.25) is 0 Å². The van der Waals surface area contributed by atoms with Crippen molar-refractivity contribution in [3.63, 3.8) is 0 Å². The van der Waals surface area contributed by atoms with Crippen molar-refractivity contribution in [3.05, 3.63) is 30.3 Å². The summed E-state index contributed by atoms with van der Waals surface area (Å²) in [5.74, 6) is 0. The molecule has 10 heavy (non-hydrogen) atoms. The Hall–Kier alpha value is -0.198. The summed E-state index contributed by atoms with van der Waals surface area (Å²) < 4.78 is 0. The quantitative estimate of drug-likeness (QED) is 0.464. The van der Waals surface area contributed by atoms with Crippen LogP contribution in [0, 0.1) is 0 Å². The van der Waals surface area contributed by atoms with Crippen molar-refractivity contribution in [2.45, 2.75) is 0 Å². The van der Waals surface area contributed by atoms with Crippen molar-refractivity contribution < 1.29 is 10.0 Å². The molecule has 0 aromatic heterocycles. The molecule has 0 spiro atoms. The zero-order chi connectivity index (χ0) is 6.69. The van der Waals surface area contributed by atoms with E-state index in [0.29, 0.717) is 5.46 Å². The van der Waals surface area contributed by atoms with Gasteiger partial charge in [0, 0.05) is 0 Å². The Kier molecular flexibility index (Phi) is 4.50. The molecule has 0 aliphatic rings. The molecule has 2 N–H and O–H groups in total. The molecular weight excluding hydrogens is 122 g/mol. The molecule has 0 bridgehead atoms. The summed E-state index contributed by atoms with van der Waals surface area (Å²) in [5.41, 5.74) is 0.525. The summed E-state index contributed by atoms with van der Waals surface area (Å²) >= 11 is 0. The van der Waals surface area contributed by atoms with Gasteiger partial charge in [-0.15, -0.1) is 0 Å². The molecule has 0 heterocycles. The number of hydrogen-bond acceptors (Lipinski definition) is 2. The third kappa shape index (κ3) is 2.59. The fourth-order valence-electron chi connectivity index (χ4n) is 0.625. The third-order valence-corrected chi connectivity index (χ3v) is 1.10. The van der Waals surface area contributed by atoms with Crippen molar-refractivity contribution in [2.24, 2.45) is 0 Å². The van der Waals surface area contributed by atoms with E-state index in [0.717, 1.165) is 0 Å². The van der Waals surface area contributed by atoms with Crippen LogP contribution >= 0.6 is 0 Å². The average molecular weight is 130 g/mol. The van der Waals surface area contributed by atoms with Gasteiger partial charge in [0.15, 0.2) is 0 Å². The first-order valence-electron chi connectivity index (χ1n) is 2.72. The van der Waals surface area contributed by atoms with Crippen molar-refractivity contribution in [1.82, 2.24) is 0 Å². The van der Waals surface area contributed by atoms with Gasteiger partial charge in [-0.3, -0.25) is 0 Å². The van der Waals surface area contributed by atoms with Crippen molar-refractivity contribution in [3.8, 4) is 0 Å². The fourth-order valence-corrected chi connectivity index (χ4v) is 0.625. The molecule has 0 atom stereocenters. The Bertz CT molecular complexity index is 178. The van der Waals surface area contributed by atoms with Crippen LogP contribution in [-0.4, -0.2) is 36.0 Å². The molecule has 0 aliphatic carbocycles. The van der Waals surface area contributed by atoms with Crippen LogP contribution in [0.2, 0.25) is 0 Å². The van der Waals surface area contributed by atoms with E-state index >= 15 is 0 Å². The minimum absolute atomic E-state index is 0. The standard InChI is InChI=1S/C6H7BO2.Li.H/c8-7(9)6-4-2-1-3-5-6;;/h1-5,8-9H;;. The normalized spacial score (nSPS) is 8.20. The first kappa shape index (κ1) is 9.80. The Balaban J connectivity index is 0.000000810. The van der Waals surface area contributed by atoms with Gasteiger partial charge < -0.3 is 10.0 Å². The second-order valence-electron chi connectivity index (χ2n) is 1.78. The summed E-state index contributed by atoms with van der Waals surface area (Å²) in [4.78, 5) is 0. The van der Waals surface area contributed by atoms with E-state index in [1.54, 1.807) is 24.3 Å². The maximum absolute atomic E-state index is 8.58.